The molecular formula is C27H27N3O5. The van der Waals surface area contributed by atoms with Crippen molar-refractivity contribution in [2.45, 2.75) is 25.2 Å². The Morgan fingerprint density at radius 3 is 2.26 bits per heavy atom. The normalized spacial score (nSPS) is 11.9. The fraction of sp³-hybridized carbons (Fsp3) is 0.259. The minimum atomic E-state index is -0.882. The van der Waals surface area contributed by atoms with E-state index in [9.17, 15) is 14.4 Å². The van der Waals surface area contributed by atoms with Gasteiger partial charge in [-0.25, -0.2) is 4.79 Å². The number of aromatic nitrogens is 1. The Bertz CT molecular complexity index is 1180. The summed E-state index contributed by atoms with van der Waals surface area (Å²) in [6.07, 6.45) is 1.42. The lowest BCUT2D eigenvalue weighted by Crippen LogP contribution is -2.29. The Hall–Kier alpha value is -4.20. The number of benzene rings is 2. The molecule has 1 aliphatic carbocycles. The zero-order valence-corrected chi connectivity index (χ0v) is 19.4. The summed E-state index contributed by atoms with van der Waals surface area (Å²) in [4.78, 5) is 41.1. The second-order valence-corrected chi connectivity index (χ2v) is 8.48. The van der Waals surface area contributed by atoms with Gasteiger partial charge in [0.15, 0.2) is 0 Å². The number of ether oxygens (including phenoxy) is 1. The highest BCUT2D eigenvalue weighted by Gasteiger charge is 2.29. The van der Waals surface area contributed by atoms with Crippen molar-refractivity contribution in [1.82, 2.24) is 9.88 Å². The third-order valence-corrected chi connectivity index (χ3v) is 6.06. The molecule has 0 atom stereocenters. The number of pyridine rings is 1. The minimum Gasteiger partial charge on any atom is -0.481 e. The van der Waals surface area contributed by atoms with Crippen molar-refractivity contribution in [2.24, 2.45) is 0 Å². The summed E-state index contributed by atoms with van der Waals surface area (Å²) in [6.45, 7) is 0.584. The van der Waals surface area contributed by atoms with Gasteiger partial charge in [-0.15, -0.1) is 0 Å². The molecule has 4 rings (SSSR count). The maximum atomic E-state index is 12.4. The van der Waals surface area contributed by atoms with E-state index in [1.807, 2.05) is 24.3 Å². The first-order chi connectivity index (χ1) is 16.9. The van der Waals surface area contributed by atoms with Gasteiger partial charge in [0.25, 0.3) is 0 Å². The average molecular weight is 474 g/mol. The Balaban J connectivity index is 1.29. The topological polar surface area (TPSA) is 109 Å². The molecule has 0 radical (unpaired) electrons. The van der Waals surface area contributed by atoms with Crippen molar-refractivity contribution in [3.63, 3.8) is 0 Å². The first-order valence-corrected chi connectivity index (χ1v) is 11.4. The predicted molar refractivity (Wildman–Crippen MR) is 131 cm³/mol. The molecule has 1 heterocycles. The number of carboxylic acids is 1. The number of carbonyl (C=O) groups excluding carboxylic acids is 2. The number of hydrogen-bond donors (Lipinski definition) is 2. The van der Waals surface area contributed by atoms with Crippen LogP contribution in [-0.4, -0.2) is 53.2 Å². The number of fused-ring (bicyclic) bond motifs is 3. The van der Waals surface area contributed by atoms with E-state index >= 15 is 0 Å². The summed E-state index contributed by atoms with van der Waals surface area (Å²) < 4.78 is 5.54. The van der Waals surface area contributed by atoms with Gasteiger partial charge in [-0.05, 0) is 40.8 Å². The molecule has 2 amide bonds. The van der Waals surface area contributed by atoms with Crippen molar-refractivity contribution in [3.05, 3.63) is 83.7 Å². The van der Waals surface area contributed by atoms with E-state index in [2.05, 4.69) is 34.6 Å². The monoisotopic (exact) mass is 473 g/mol. The Morgan fingerprint density at radius 2 is 1.66 bits per heavy atom. The zero-order chi connectivity index (χ0) is 24.8. The number of likely N-dealkylation sites (N-methyl/N-ethyl adjacent to an activating group) is 1. The van der Waals surface area contributed by atoms with Gasteiger partial charge < -0.3 is 14.7 Å². The number of nitrogens with zero attached hydrogens (tertiary/aromatic N) is 2. The van der Waals surface area contributed by atoms with Crippen LogP contribution in [0.3, 0.4) is 0 Å². The molecule has 0 bridgehead atoms. The highest BCUT2D eigenvalue weighted by molar-refractivity contribution is 5.85. The average Bonchev–Trinajstić information content (AvgIpc) is 3.17. The van der Waals surface area contributed by atoms with Crippen LogP contribution in [0.25, 0.3) is 11.1 Å². The van der Waals surface area contributed by atoms with Crippen molar-refractivity contribution < 1.29 is 24.2 Å². The van der Waals surface area contributed by atoms with Crippen LogP contribution in [-0.2, 0) is 20.7 Å². The number of amides is 2. The van der Waals surface area contributed by atoms with Gasteiger partial charge in [0.05, 0.1) is 18.3 Å². The van der Waals surface area contributed by atoms with Crippen molar-refractivity contribution in [3.8, 4) is 11.1 Å². The molecule has 8 nitrogen and oxygen atoms in total. The molecule has 1 aliphatic rings. The van der Waals surface area contributed by atoms with E-state index in [0.717, 1.165) is 11.1 Å². The lowest BCUT2D eigenvalue weighted by atomic mass is 9.98. The van der Waals surface area contributed by atoms with Crippen LogP contribution < -0.4 is 5.32 Å². The van der Waals surface area contributed by atoms with E-state index in [1.54, 1.807) is 19.2 Å². The first kappa shape index (κ1) is 23.9. The molecule has 1 aromatic heterocycles. The number of anilines is 1. The Kier molecular flexibility index (Phi) is 7.40. The summed E-state index contributed by atoms with van der Waals surface area (Å²) in [6, 6.07) is 19.6. The van der Waals surface area contributed by atoms with E-state index in [-0.39, 0.29) is 31.3 Å². The van der Waals surface area contributed by atoms with Crippen molar-refractivity contribution >= 4 is 23.7 Å². The first-order valence-electron chi connectivity index (χ1n) is 11.4. The highest BCUT2D eigenvalue weighted by Crippen LogP contribution is 2.44. The van der Waals surface area contributed by atoms with E-state index in [1.165, 1.54) is 22.2 Å². The van der Waals surface area contributed by atoms with Gasteiger partial charge >= 0.3 is 12.1 Å². The standard InChI is InChI=1S/C27H27N3O5/c1-30(14-6-11-26(32)33)25(31)15-18-12-13-19(16-28-18)29-27(34)35-17-24-22-9-4-2-7-20(22)21-8-3-5-10-23(21)24/h2-5,7-10,12-13,16,24H,6,11,14-15,17H2,1H3,(H,29,34)(H,32,33). The number of rotatable bonds is 9. The number of hydrogen-bond acceptors (Lipinski definition) is 5. The number of nitrogens with one attached hydrogen (secondary N) is 1. The molecule has 2 N–H and O–H groups in total. The van der Waals surface area contributed by atoms with Gasteiger partial charge in [0.2, 0.25) is 5.91 Å². The van der Waals surface area contributed by atoms with Crippen LogP contribution in [0.2, 0.25) is 0 Å². The molecule has 180 valence electrons. The van der Waals surface area contributed by atoms with Gasteiger partial charge in [0, 0.05) is 31.6 Å². The Morgan fingerprint density at radius 1 is 1.00 bits per heavy atom. The van der Waals surface area contributed by atoms with Crippen molar-refractivity contribution in [1.29, 1.82) is 0 Å². The molecule has 0 fully saturated rings. The number of carbonyl (C=O) groups is 3. The maximum Gasteiger partial charge on any atom is 0.411 e. The fourth-order valence-corrected chi connectivity index (χ4v) is 4.24. The molecule has 0 saturated heterocycles. The summed E-state index contributed by atoms with van der Waals surface area (Å²) in [5.74, 6) is -1.06. The van der Waals surface area contributed by atoms with E-state index in [4.69, 9.17) is 9.84 Å². The van der Waals surface area contributed by atoms with Crippen LogP contribution >= 0.6 is 0 Å². The van der Waals surface area contributed by atoms with Crippen LogP contribution in [0.4, 0.5) is 10.5 Å². The van der Waals surface area contributed by atoms with E-state index < -0.39 is 12.1 Å². The lowest BCUT2D eigenvalue weighted by molar-refractivity contribution is -0.138. The lowest BCUT2D eigenvalue weighted by Gasteiger charge is -2.16. The van der Waals surface area contributed by atoms with Crippen LogP contribution in [0.15, 0.2) is 66.9 Å². The second-order valence-electron chi connectivity index (χ2n) is 8.48. The molecule has 3 aromatic rings. The zero-order valence-electron chi connectivity index (χ0n) is 19.4. The molecule has 35 heavy (non-hydrogen) atoms. The number of carboxylic acid groups (broad SMARTS) is 1. The molecular weight excluding hydrogens is 446 g/mol. The molecule has 0 spiro atoms. The Labute approximate surface area is 203 Å². The second kappa shape index (κ2) is 10.8. The third-order valence-electron chi connectivity index (χ3n) is 6.06. The largest absolute Gasteiger partial charge is 0.481 e. The summed E-state index contributed by atoms with van der Waals surface area (Å²) >= 11 is 0. The molecule has 0 aliphatic heterocycles. The third kappa shape index (κ3) is 5.84. The van der Waals surface area contributed by atoms with Gasteiger partial charge in [-0.2, -0.15) is 0 Å². The summed E-state index contributed by atoms with van der Waals surface area (Å²) in [7, 11) is 1.64. The SMILES string of the molecule is CN(CCCC(=O)O)C(=O)Cc1ccc(NC(=O)OCC2c3ccccc3-c3ccccc32)cn1. The number of aliphatic carboxylic acids is 1. The highest BCUT2D eigenvalue weighted by atomic mass is 16.5. The molecule has 0 unspecified atom stereocenters. The van der Waals surface area contributed by atoms with E-state index in [0.29, 0.717) is 24.3 Å². The van der Waals surface area contributed by atoms with Gasteiger partial charge in [-0.1, -0.05) is 48.5 Å². The van der Waals surface area contributed by atoms with Gasteiger partial charge in [0.1, 0.15) is 6.61 Å². The molecule has 0 saturated carbocycles. The summed E-state index contributed by atoms with van der Waals surface area (Å²) in [5, 5.41) is 11.4. The van der Waals surface area contributed by atoms with Crippen LogP contribution in [0, 0.1) is 0 Å². The fourth-order valence-electron chi connectivity index (χ4n) is 4.24. The maximum absolute atomic E-state index is 12.4. The quantitative estimate of drug-likeness (QED) is 0.479. The van der Waals surface area contributed by atoms with Crippen LogP contribution in [0.1, 0.15) is 35.6 Å². The minimum absolute atomic E-state index is 0.0199. The smallest absolute Gasteiger partial charge is 0.411 e. The molecule has 8 heteroatoms. The van der Waals surface area contributed by atoms with Gasteiger partial charge in [-0.3, -0.25) is 19.9 Å². The van der Waals surface area contributed by atoms with Crippen molar-refractivity contribution in [2.75, 3.05) is 25.5 Å². The molecule has 2 aromatic carbocycles. The predicted octanol–water partition coefficient (Wildman–Crippen LogP) is 4.31. The van der Waals surface area contributed by atoms with Crippen LogP contribution in [0.5, 0.6) is 0 Å². The summed E-state index contributed by atoms with van der Waals surface area (Å²) in [5.41, 5.74) is 5.64.